The minimum atomic E-state index is -4.80. The van der Waals surface area contributed by atoms with Crippen molar-refractivity contribution in [1.29, 1.82) is 0 Å². The van der Waals surface area contributed by atoms with Gasteiger partial charge in [0.1, 0.15) is 6.56 Å². The maximum absolute atomic E-state index is 14.1. The summed E-state index contributed by atoms with van der Waals surface area (Å²) in [7, 11) is 0. The Kier molecular flexibility index (Phi) is 5.89. The lowest BCUT2D eigenvalue weighted by Gasteiger charge is -2.31. The summed E-state index contributed by atoms with van der Waals surface area (Å²) in [6, 6.07) is 5.95. The van der Waals surface area contributed by atoms with E-state index in [1.165, 1.54) is 11.0 Å². The summed E-state index contributed by atoms with van der Waals surface area (Å²) in [4.78, 5) is 22.6. The van der Waals surface area contributed by atoms with E-state index >= 15 is 0 Å². The Hall–Kier alpha value is -2.96. The van der Waals surface area contributed by atoms with Gasteiger partial charge in [0.15, 0.2) is 0 Å². The Morgan fingerprint density at radius 3 is 2.49 bits per heavy atom. The maximum Gasteiger partial charge on any atom is 0.416 e. The van der Waals surface area contributed by atoms with Crippen LogP contribution < -0.4 is 0 Å². The minimum absolute atomic E-state index is 0.0488. The van der Waals surface area contributed by atoms with Gasteiger partial charge in [-0.15, -0.1) is 0 Å². The highest BCUT2D eigenvalue weighted by atomic mass is 19.4. The lowest BCUT2D eigenvalue weighted by molar-refractivity contribution is -0.191. The van der Waals surface area contributed by atoms with Crippen LogP contribution >= 0.6 is 0 Å². The zero-order valence-electron chi connectivity index (χ0n) is 32.0. The Balaban J connectivity index is 0.00000209. The van der Waals surface area contributed by atoms with E-state index in [4.69, 9.17) is 30.9 Å². The number of likely N-dealkylation sites (tertiary alicyclic amines) is 1. The third-order valence-corrected chi connectivity index (χ3v) is 6.27. The van der Waals surface area contributed by atoms with Crippen LogP contribution in [0.15, 0.2) is 41.6 Å². The molecule has 1 saturated carbocycles. The quantitative estimate of drug-likeness (QED) is 0.277. The van der Waals surface area contributed by atoms with Gasteiger partial charge >= 0.3 is 12.3 Å². The second-order valence-electron chi connectivity index (χ2n) is 8.69. The zero-order chi connectivity index (χ0) is 37.2. The van der Waals surface area contributed by atoms with Crippen LogP contribution in [0.1, 0.15) is 108 Å². The van der Waals surface area contributed by atoms with Crippen molar-refractivity contribution in [2.24, 2.45) is 5.16 Å². The van der Waals surface area contributed by atoms with Crippen molar-refractivity contribution in [3.63, 3.8) is 0 Å². The highest BCUT2D eigenvalue weighted by Gasteiger charge is 2.35. The first kappa shape index (κ1) is 16.1. The van der Waals surface area contributed by atoms with E-state index in [1.54, 1.807) is 0 Å². The molecule has 1 saturated heterocycles. The zero-order valence-corrected chi connectivity index (χ0v) is 20.0. The van der Waals surface area contributed by atoms with Gasteiger partial charge in [-0.05, 0) is 91.4 Å². The number of nitrogens with zero attached hydrogens (tertiary/aromatic N) is 2. The fourth-order valence-electron chi connectivity index (χ4n) is 4.30. The molecule has 1 aliphatic heterocycles. The first-order chi connectivity index (χ1) is 22.4. The molecule has 1 heterocycles. The lowest BCUT2D eigenvalue weighted by atomic mass is 9.81. The first-order valence-electron chi connectivity index (χ1n) is 17.8. The number of hydrogen-bond acceptors (Lipinski definition) is 5. The van der Waals surface area contributed by atoms with Gasteiger partial charge in [-0.1, -0.05) is 55.5 Å². The number of carbonyl (C=O) groups excluding carboxylic acids is 2. The van der Waals surface area contributed by atoms with Crippen LogP contribution in [0.3, 0.4) is 0 Å². The van der Waals surface area contributed by atoms with Crippen molar-refractivity contribution in [2.45, 2.75) is 83.8 Å². The first-order valence-corrected chi connectivity index (χ1v) is 11.8. The van der Waals surface area contributed by atoms with Gasteiger partial charge in [0.25, 0.3) is 0 Å². The molecule has 0 radical (unpaired) electrons. The highest BCUT2D eigenvalue weighted by molar-refractivity contribution is 5.98. The van der Waals surface area contributed by atoms with Crippen molar-refractivity contribution in [2.75, 3.05) is 13.1 Å². The van der Waals surface area contributed by atoms with Gasteiger partial charge < -0.3 is 4.84 Å². The minimum Gasteiger partial charge on any atom is -0.391 e. The molecule has 0 bridgehead atoms. The maximum atomic E-state index is 14.1. The molecular weight excluding hydrogens is 481 g/mol. The SMILES string of the molecule is O=C=O.[2H]C([2H])([2H])/C(=N\OC([2H])([2H])c1ccc(C2CCCCC2)c(C(F)(F)F)c1)c1ccc(C([2H])([2H])N2CCC2)c(C([2H])([2H])C([2H])([2H])[2H])c1. The fraction of sp³-hybridized carbons (Fsp3) is 0.517. The van der Waals surface area contributed by atoms with E-state index in [1.807, 2.05) is 0 Å². The van der Waals surface area contributed by atoms with Crippen molar-refractivity contribution >= 4 is 11.9 Å². The van der Waals surface area contributed by atoms with Gasteiger partial charge in [-0.3, -0.25) is 4.90 Å². The monoisotopic (exact) mass is 528 g/mol. The number of rotatable bonds is 8. The number of oxime groups is 1. The Bertz CT molecular complexity index is 1540. The molecule has 0 amide bonds. The van der Waals surface area contributed by atoms with Crippen LogP contribution in [-0.2, 0) is 40.0 Å². The van der Waals surface area contributed by atoms with Crippen LogP contribution in [0.2, 0.25) is 0 Å². The van der Waals surface area contributed by atoms with E-state index in [-0.39, 0.29) is 23.2 Å². The summed E-state index contributed by atoms with van der Waals surface area (Å²) >= 11 is 0. The summed E-state index contributed by atoms with van der Waals surface area (Å²) < 4.78 is 140. The molecule has 5 nitrogen and oxygen atoms in total. The fourth-order valence-corrected chi connectivity index (χ4v) is 4.30. The molecule has 2 fully saturated rings. The van der Waals surface area contributed by atoms with Gasteiger partial charge in [0.2, 0.25) is 0 Å². The Labute approximate surface area is 233 Å². The average molecular weight is 529 g/mol. The third-order valence-electron chi connectivity index (χ3n) is 6.27. The van der Waals surface area contributed by atoms with E-state index in [2.05, 4.69) is 5.16 Å². The summed E-state index contributed by atoms with van der Waals surface area (Å²) in [6.07, 6.45) is -3.42. The van der Waals surface area contributed by atoms with Gasteiger partial charge in [-0.2, -0.15) is 22.8 Å². The Morgan fingerprint density at radius 1 is 1.11 bits per heavy atom. The third kappa shape index (κ3) is 8.01. The highest BCUT2D eigenvalue weighted by Crippen LogP contribution is 2.41. The predicted molar refractivity (Wildman–Crippen MR) is 135 cm³/mol. The summed E-state index contributed by atoms with van der Waals surface area (Å²) in [5.74, 6) is -0.341. The summed E-state index contributed by atoms with van der Waals surface area (Å²) in [5.41, 5.74) is -3.88. The molecule has 2 aromatic rings. The van der Waals surface area contributed by atoms with Crippen LogP contribution in [0, 0.1) is 0 Å². The van der Waals surface area contributed by atoms with Gasteiger partial charge in [0, 0.05) is 20.2 Å². The second-order valence-corrected chi connectivity index (χ2v) is 8.69. The number of hydrogen-bond donors (Lipinski definition) is 0. The number of halogens is 3. The predicted octanol–water partition coefficient (Wildman–Crippen LogP) is 6.88. The molecule has 0 N–H and O–H groups in total. The van der Waals surface area contributed by atoms with E-state index < -0.39 is 67.3 Å². The van der Waals surface area contributed by atoms with Crippen molar-refractivity contribution in [3.8, 4) is 0 Å². The van der Waals surface area contributed by atoms with E-state index in [0.717, 1.165) is 43.5 Å². The largest absolute Gasteiger partial charge is 0.416 e. The molecule has 37 heavy (non-hydrogen) atoms. The van der Waals surface area contributed by atoms with Gasteiger partial charge in [-0.25, -0.2) is 0 Å². The second kappa shape index (κ2) is 13.5. The molecule has 200 valence electrons. The smallest absolute Gasteiger partial charge is 0.391 e. The van der Waals surface area contributed by atoms with Gasteiger partial charge in [0.05, 0.1) is 14.0 Å². The summed E-state index contributed by atoms with van der Waals surface area (Å²) in [5, 5.41) is 3.49. The number of aryl methyl sites for hydroxylation is 1. The molecule has 0 unspecified atom stereocenters. The van der Waals surface area contributed by atoms with Crippen LogP contribution in [-0.4, -0.2) is 29.9 Å². The van der Waals surface area contributed by atoms with Crippen molar-refractivity contribution < 1.29 is 44.0 Å². The molecule has 4 rings (SSSR count). The average Bonchev–Trinajstić information content (AvgIpc) is 2.94. The molecular formula is C29H35F3N2O3. The van der Waals surface area contributed by atoms with Crippen molar-refractivity contribution in [3.05, 3.63) is 69.8 Å². The summed E-state index contributed by atoms with van der Waals surface area (Å²) in [6.45, 7) is -11.2. The van der Waals surface area contributed by atoms with Crippen LogP contribution in [0.5, 0.6) is 0 Å². The van der Waals surface area contributed by atoms with Crippen molar-refractivity contribution in [1.82, 2.24) is 4.90 Å². The number of alkyl halides is 3. The Morgan fingerprint density at radius 2 is 1.86 bits per heavy atom. The topological polar surface area (TPSA) is 59.0 Å². The molecule has 1 aliphatic carbocycles. The molecule has 0 atom stereocenters. The van der Waals surface area contributed by atoms with Crippen LogP contribution in [0.25, 0.3) is 0 Å². The molecule has 0 spiro atoms. The van der Waals surface area contributed by atoms with E-state index in [0.29, 0.717) is 38.4 Å². The molecule has 0 aromatic heterocycles. The lowest BCUT2D eigenvalue weighted by Crippen LogP contribution is -2.36. The molecule has 2 aliphatic rings. The normalized spacial score (nSPS) is 23.5. The molecule has 2 aromatic carbocycles. The van der Waals surface area contributed by atoms with E-state index in [9.17, 15) is 13.2 Å². The van der Waals surface area contributed by atoms with Crippen LogP contribution in [0.4, 0.5) is 13.2 Å². The standard InChI is InChI=1S/C28H35F3N2O.CO2/c1-3-22-17-24(11-12-25(22)18-33-14-7-15-33)20(2)32-34-19-21-10-13-26(23-8-5-4-6-9-23)27(16-21)28(29,30)31;2-1-3/h10-13,16-17,23H,3-9,14-15,18-19H2,1-2H3;/b32-20+;/i1D3,2D3,3D2,18D2,19D2;. The number of benzene rings is 2. The molecule has 8 heteroatoms.